The Labute approximate surface area is 111 Å². The minimum atomic E-state index is -0.576. The Morgan fingerprint density at radius 1 is 1.65 bits per heavy atom. The molecular weight excluding hydrogens is 311 g/mol. The van der Waals surface area contributed by atoms with Crippen molar-refractivity contribution in [3.05, 3.63) is 33.3 Å². The molecule has 0 heterocycles. The standard InChI is InChI=1S/C10H10BrClN2O3/c1-2-7(11)10(15)13-6-3-4-9(14(16)17)8(12)5-6/h3-5,7H,2H2,1H3,(H,13,15). The summed E-state index contributed by atoms with van der Waals surface area (Å²) in [5.41, 5.74) is 0.249. The number of hydrogen-bond acceptors (Lipinski definition) is 3. The summed E-state index contributed by atoms with van der Waals surface area (Å²) >= 11 is 8.92. The Hall–Kier alpha value is -1.14. The van der Waals surface area contributed by atoms with Crippen molar-refractivity contribution in [2.45, 2.75) is 18.2 Å². The smallest absolute Gasteiger partial charge is 0.288 e. The summed E-state index contributed by atoms with van der Waals surface area (Å²) in [6.07, 6.45) is 0.645. The van der Waals surface area contributed by atoms with Crippen LogP contribution in [0.15, 0.2) is 18.2 Å². The molecule has 0 aliphatic heterocycles. The van der Waals surface area contributed by atoms with Gasteiger partial charge >= 0.3 is 0 Å². The summed E-state index contributed by atoms with van der Waals surface area (Å²) in [7, 11) is 0. The Bertz CT molecular complexity index is 453. The number of amides is 1. The number of hydrogen-bond donors (Lipinski definition) is 1. The molecule has 0 saturated carbocycles. The molecule has 0 aliphatic rings. The first-order chi connectivity index (χ1) is 7.95. The van der Waals surface area contributed by atoms with E-state index in [0.717, 1.165) is 0 Å². The molecule has 1 aromatic rings. The third kappa shape index (κ3) is 3.67. The molecule has 0 spiro atoms. The van der Waals surface area contributed by atoms with Gasteiger partial charge in [0.25, 0.3) is 5.69 Å². The molecule has 0 aromatic heterocycles. The quantitative estimate of drug-likeness (QED) is 0.525. The van der Waals surface area contributed by atoms with Crippen LogP contribution >= 0.6 is 27.5 Å². The van der Waals surface area contributed by atoms with Gasteiger partial charge in [-0.1, -0.05) is 34.5 Å². The first-order valence-electron chi connectivity index (χ1n) is 4.84. The molecule has 0 saturated heterocycles. The van der Waals surface area contributed by atoms with Crippen LogP contribution in [0.3, 0.4) is 0 Å². The molecule has 0 aliphatic carbocycles. The molecule has 1 amide bonds. The molecule has 1 aromatic carbocycles. The van der Waals surface area contributed by atoms with Gasteiger partial charge in [-0.3, -0.25) is 14.9 Å². The van der Waals surface area contributed by atoms with Crippen LogP contribution in [0.4, 0.5) is 11.4 Å². The van der Waals surface area contributed by atoms with E-state index in [9.17, 15) is 14.9 Å². The van der Waals surface area contributed by atoms with E-state index in [-0.39, 0.29) is 21.4 Å². The van der Waals surface area contributed by atoms with Gasteiger partial charge in [0, 0.05) is 11.8 Å². The molecular formula is C10H10BrClN2O3. The molecule has 0 radical (unpaired) electrons. The molecule has 1 N–H and O–H groups in total. The molecule has 7 heteroatoms. The Morgan fingerprint density at radius 2 is 2.29 bits per heavy atom. The number of nitrogens with one attached hydrogen (secondary N) is 1. The fraction of sp³-hybridized carbons (Fsp3) is 0.300. The number of benzene rings is 1. The van der Waals surface area contributed by atoms with Gasteiger partial charge in [-0.05, 0) is 18.6 Å². The van der Waals surface area contributed by atoms with Crippen LogP contribution in [0.2, 0.25) is 5.02 Å². The number of nitro groups is 1. The topological polar surface area (TPSA) is 72.2 Å². The lowest BCUT2D eigenvalue weighted by Gasteiger charge is -2.08. The molecule has 1 atom stereocenters. The van der Waals surface area contributed by atoms with Gasteiger partial charge in [0.05, 0.1) is 9.75 Å². The maximum Gasteiger partial charge on any atom is 0.288 e. The molecule has 0 bridgehead atoms. The third-order valence-corrected chi connectivity index (χ3v) is 3.42. The summed E-state index contributed by atoms with van der Waals surface area (Å²) in [5, 5.41) is 13.1. The number of halogens is 2. The SMILES string of the molecule is CCC(Br)C(=O)Nc1ccc([N+](=O)[O-])c(Cl)c1. The van der Waals surface area contributed by atoms with E-state index in [1.54, 1.807) is 0 Å². The lowest BCUT2D eigenvalue weighted by atomic mass is 10.2. The van der Waals surface area contributed by atoms with Gasteiger partial charge in [0.1, 0.15) is 5.02 Å². The van der Waals surface area contributed by atoms with Crippen molar-refractivity contribution >= 4 is 44.8 Å². The molecule has 1 unspecified atom stereocenters. The second-order valence-corrected chi connectivity index (χ2v) is 4.80. The molecule has 17 heavy (non-hydrogen) atoms. The average Bonchev–Trinajstić information content (AvgIpc) is 2.27. The highest BCUT2D eigenvalue weighted by Gasteiger charge is 2.15. The molecule has 0 fully saturated rings. The number of carbonyl (C=O) groups is 1. The van der Waals surface area contributed by atoms with Gasteiger partial charge in [-0.2, -0.15) is 0 Å². The van der Waals surface area contributed by atoms with E-state index in [4.69, 9.17) is 11.6 Å². The highest BCUT2D eigenvalue weighted by Crippen LogP contribution is 2.27. The third-order valence-electron chi connectivity index (χ3n) is 2.05. The zero-order valence-corrected chi connectivity index (χ0v) is 11.3. The van der Waals surface area contributed by atoms with E-state index in [1.807, 2.05) is 6.92 Å². The maximum atomic E-state index is 11.5. The van der Waals surface area contributed by atoms with Crippen molar-refractivity contribution in [3.63, 3.8) is 0 Å². The van der Waals surface area contributed by atoms with Gasteiger partial charge < -0.3 is 5.32 Å². The second-order valence-electron chi connectivity index (χ2n) is 3.29. The molecule has 92 valence electrons. The minimum absolute atomic E-state index is 0.00424. The van der Waals surface area contributed by atoms with Gasteiger partial charge in [-0.25, -0.2) is 0 Å². The summed E-state index contributed by atoms with van der Waals surface area (Å²) < 4.78 is 0. The summed E-state index contributed by atoms with van der Waals surface area (Å²) in [6, 6.07) is 4.05. The second kappa shape index (κ2) is 5.97. The fourth-order valence-corrected chi connectivity index (χ4v) is 1.50. The van der Waals surface area contributed by atoms with Gasteiger partial charge in [0.15, 0.2) is 0 Å². The van der Waals surface area contributed by atoms with Crippen LogP contribution in [0.1, 0.15) is 13.3 Å². The number of alkyl halides is 1. The number of carbonyl (C=O) groups excluding carboxylic acids is 1. The van der Waals surface area contributed by atoms with E-state index >= 15 is 0 Å². The summed E-state index contributed by atoms with van der Waals surface area (Å²) in [6.45, 7) is 1.86. The fourth-order valence-electron chi connectivity index (χ4n) is 1.14. The Balaban J connectivity index is 2.84. The van der Waals surface area contributed by atoms with Crippen LogP contribution in [-0.4, -0.2) is 15.7 Å². The zero-order valence-electron chi connectivity index (χ0n) is 8.94. The Morgan fingerprint density at radius 3 is 2.76 bits per heavy atom. The van der Waals surface area contributed by atoms with Crippen LogP contribution in [0.25, 0.3) is 0 Å². The number of nitrogens with zero attached hydrogens (tertiary/aromatic N) is 1. The van der Waals surface area contributed by atoms with Crippen LogP contribution in [0.5, 0.6) is 0 Å². The van der Waals surface area contributed by atoms with Crippen LogP contribution < -0.4 is 5.32 Å². The van der Waals surface area contributed by atoms with Crippen molar-refractivity contribution < 1.29 is 9.72 Å². The van der Waals surface area contributed by atoms with E-state index in [2.05, 4.69) is 21.2 Å². The monoisotopic (exact) mass is 320 g/mol. The van der Waals surface area contributed by atoms with Crippen molar-refractivity contribution in [3.8, 4) is 0 Å². The molecule has 5 nitrogen and oxygen atoms in total. The van der Waals surface area contributed by atoms with E-state index in [1.165, 1.54) is 18.2 Å². The average molecular weight is 322 g/mol. The summed E-state index contributed by atoms with van der Waals surface area (Å²) in [5.74, 6) is -0.211. The highest BCUT2D eigenvalue weighted by molar-refractivity contribution is 9.10. The first-order valence-corrected chi connectivity index (χ1v) is 6.14. The van der Waals surface area contributed by atoms with Crippen LogP contribution in [0, 0.1) is 10.1 Å². The lowest BCUT2D eigenvalue weighted by molar-refractivity contribution is -0.384. The zero-order chi connectivity index (χ0) is 13.0. The van der Waals surface area contributed by atoms with Gasteiger partial charge in [0.2, 0.25) is 5.91 Å². The van der Waals surface area contributed by atoms with E-state index in [0.29, 0.717) is 12.1 Å². The molecule has 1 rings (SSSR count). The normalized spacial score (nSPS) is 11.9. The largest absolute Gasteiger partial charge is 0.325 e. The summed E-state index contributed by atoms with van der Waals surface area (Å²) in [4.78, 5) is 21.2. The Kier molecular flexibility index (Phi) is 4.89. The number of anilines is 1. The minimum Gasteiger partial charge on any atom is -0.325 e. The number of nitro benzene ring substituents is 1. The first kappa shape index (κ1) is 13.9. The van der Waals surface area contributed by atoms with Crippen molar-refractivity contribution in [1.82, 2.24) is 0 Å². The predicted octanol–water partition coefficient (Wildman–Crippen LogP) is 3.36. The lowest BCUT2D eigenvalue weighted by Crippen LogP contribution is -2.21. The number of rotatable bonds is 4. The van der Waals surface area contributed by atoms with E-state index < -0.39 is 4.92 Å². The maximum absolute atomic E-state index is 11.5. The highest BCUT2D eigenvalue weighted by atomic mass is 79.9. The van der Waals surface area contributed by atoms with Crippen molar-refractivity contribution in [2.75, 3.05) is 5.32 Å². The van der Waals surface area contributed by atoms with Crippen LogP contribution in [-0.2, 0) is 4.79 Å². The van der Waals surface area contributed by atoms with Crippen molar-refractivity contribution in [1.29, 1.82) is 0 Å². The predicted molar refractivity (Wildman–Crippen MR) is 69.7 cm³/mol. The van der Waals surface area contributed by atoms with Gasteiger partial charge in [-0.15, -0.1) is 0 Å². The van der Waals surface area contributed by atoms with Crippen molar-refractivity contribution in [2.24, 2.45) is 0 Å².